The molecule has 21 heavy (non-hydrogen) atoms. The van der Waals surface area contributed by atoms with E-state index in [2.05, 4.69) is 73.0 Å². The number of hydrogen-bond donors (Lipinski definition) is 1. The van der Waals surface area contributed by atoms with Crippen molar-refractivity contribution >= 4 is 15.9 Å². The van der Waals surface area contributed by atoms with E-state index in [-0.39, 0.29) is 11.5 Å². The summed E-state index contributed by atoms with van der Waals surface area (Å²) in [5.41, 5.74) is 10.2. The molecule has 1 heterocycles. The van der Waals surface area contributed by atoms with Crippen molar-refractivity contribution in [1.29, 1.82) is 0 Å². The monoisotopic (exact) mass is 349 g/mol. The van der Waals surface area contributed by atoms with Crippen LogP contribution in [0.15, 0.2) is 34.9 Å². The lowest BCUT2D eigenvalue weighted by Gasteiger charge is -2.26. The van der Waals surface area contributed by atoms with E-state index < -0.39 is 0 Å². The van der Waals surface area contributed by atoms with Gasteiger partial charge in [-0.05, 0) is 38.9 Å². The highest BCUT2D eigenvalue weighted by Gasteiger charge is 2.24. The first-order chi connectivity index (χ1) is 9.86. The van der Waals surface area contributed by atoms with Crippen LogP contribution in [0, 0.1) is 0 Å². The van der Waals surface area contributed by atoms with Crippen LogP contribution < -0.4 is 5.73 Å². The Bertz CT molecular complexity index is 611. The largest absolute Gasteiger partial charge is 0.319 e. The highest BCUT2D eigenvalue weighted by atomic mass is 79.9. The summed E-state index contributed by atoms with van der Waals surface area (Å²) in [5, 5.41) is 4.43. The highest BCUT2D eigenvalue weighted by molar-refractivity contribution is 9.10. The quantitative estimate of drug-likeness (QED) is 0.888. The Hall–Kier alpha value is -1.13. The van der Waals surface area contributed by atoms with Crippen molar-refractivity contribution in [2.24, 2.45) is 5.73 Å². The van der Waals surface area contributed by atoms with Crippen LogP contribution in [0.4, 0.5) is 0 Å². The minimum atomic E-state index is -0.177. The van der Waals surface area contributed by atoms with Gasteiger partial charge in [-0.25, -0.2) is 0 Å². The molecule has 1 atom stereocenters. The lowest BCUT2D eigenvalue weighted by molar-refractivity contribution is 0.545. The average molecular weight is 350 g/mol. The molecule has 0 saturated carbocycles. The zero-order valence-electron chi connectivity index (χ0n) is 13.2. The fourth-order valence-electron chi connectivity index (χ4n) is 2.67. The Morgan fingerprint density at radius 1 is 1.29 bits per heavy atom. The molecule has 0 fully saturated rings. The van der Waals surface area contributed by atoms with Gasteiger partial charge in [0.05, 0.1) is 22.4 Å². The number of hydrogen-bond acceptors (Lipinski definition) is 2. The van der Waals surface area contributed by atoms with Crippen molar-refractivity contribution in [2.45, 2.75) is 52.1 Å². The molecule has 2 aromatic rings. The molecule has 2 rings (SSSR count). The number of nitrogens with zero attached hydrogens (tertiary/aromatic N) is 2. The van der Waals surface area contributed by atoms with E-state index in [0.717, 1.165) is 23.1 Å². The first-order valence-electron chi connectivity index (χ1n) is 7.42. The van der Waals surface area contributed by atoms with Gasteiger partial charge in [0.2, 0.25) is 0 Å². The van der Waals surface area contributed by atoms with E-state index in [1.165, 1.54) is 11.1 Å². The SMILES string of the molecule is CCCn1ncc(Br)c1C(N)c1ccccc1C(C)(C)C. The second kappa shape index (κ2) is 6.32. The number of aromatic nitrogens is 2. The zero-order valence-corrected chi connectivity index (χ0v) is 14.8. The summed E-state index contributed by atoms with van der Waals surface area (Å²) in [6, 6.07) is 8.25. The fourth-order valence-corrected chi connectivity index (χ4v) is 3.21. The van der Waals surface area contributed by atoms with Gasteiger partial charge in [-0.15, -0.1) is 0 Å². The molecule has 0 bridgehead atoms. The molecule has 0 spiro atoms. The summed E-state index contributed by atoms with van der Waals surface area (Å²) in [7, 11) is 0. The van der Waals surface area contributed by atoms with Gasteiger partial charge >= 0.3 is 0 Å². The molecule has 0 amide bonds. The topological polar surface area (TPSA) is 43.8 Å². The minimum absolute atomic E-state index is 0.0658. The fraction of sp³-hybridized carbons (Fsp3) is 0.471. The predicted octanol–water partition coefficient (Wildman–Crippen LogP) is 4.40. The number of rotatable bonds is 4. The Morgan fingerprint density at radius 2 is 1.95 bits per heavy atom. The summed E-state index contributed by atoms with van der Waals surface area (Å²) < 4.78 is 2.99. The van der Waals surface area contributed by atoms with Crippen molar-refractivity contribution in [1.82, 2.24) is 9.78 Å². The number of nitrogens with two attached hydrogens (primary N) is 1. The maximum atomic E-state index is 6.60. The van der Waals surface area contributed by atoms with Gasteiger partial charge < -0.3 is 5.73 Å². The van der Waals surface area contributed by atoms with E-state index in [1.807, 2.05) is 10.9 Å². The number of halogens is 1. The molecule has 1 unspecified atom stereocenters. The van der Waals surface area contributed by atoms with Gasteiger partial charge in [-0.2, -0.15) is 5.10 Å². The molecular formula is C17H24BrN3. The Morgan fingerprint density at radius 3 is 2.57 bits per heavy atom. The van der Waals surface area contributed by atoms with E-state index in [1.54, 1.807) is 0 Å². The van der Waals surface area contributed by atoms with Crippen LogP contribution in [0.1, 0.15) is 57.0 Å². The van der Waals surface area contributed by atoms with Crippen LogP contribution >= 0.6 is 15.9 Å². The van der Waals surface area contributed by atoms with Crippen LogP contribution in [-0.2, 0) is 12.0 Å². The van der Waals surface area contributed by atoms with Crippen LogP contribution in [0.5, 0.6) is 0 Å². The first kappa shape index (κ1) is 16.2. The minimum Gasteiger partial charge on any atom is -0.319 e. The number of benzene rings is 1. The van der Waals surface area contributed by atoms with Crippen molar-refractivity contribution in [3.8, 4) is 0 Å². The summed E-state index contributed by atoms with van der Waals surface area (Å²) in [6.07, 6.45) is 2.87. The molecule has 0 aliphatic rings. The maximum absolute atomic E-state index is 6.60. The molecule has 0 radical (unpaired) electrons. The summed E-state index contributed by atoms with van der Waals surface area (Å²) in [4.78, 5) is 0. The van der Waals surface area contributed by atoms with E-state index in [9.17, 15) is 0 Å². The lowest BCUT2D eigenvalue weighted by Crippen LogP contribution is -2.23. The molecule has 3 nitrogen and oxygen atoms in total. The molecule has 0 aliphatic carbocycles. The second-order valence-electron chi connectivity index (χ2n) is 6.42. The summed E-state index contributed by atoms with van der Waals surface area (Å²) in [6.45, 7) is 9.69. The van der Waals surface area contributed by atoms with E-state index >= 15 is 0 Å². The molecule has 114 valence electrons. The first-order valence-corrected chi connectivity index (χ1v) is 8.21. The van der Waals surface area contributed by atoms with Crippen LogP contribution in [0.2, 0.25) is 0 Å². The van der Waals surface area contributed by atoms with E-state index in [4.69, 9.17) is 5.73 Å². The third-order valence-electron chi connectivity index (χ3n) is 3.67. The van der Waals surface area contributed by atoms with Crippen molar-refractivity contribution in [3.05, 3.63) is 51.8 Å². The van der Waals surface area contributed by atoms with Crippen LogP contribution in [0.25, 0.3) is 0 Å². The molecule has 1 aromatic heterocycles. The van der Waals surface area contributed by atoms with Gasteiger partial charge in [0.15, 0.2) is 0 Å². The Kier molecular flexibility index (Phi) is 4.89. The van der Waals surface area contributed by atoms with Gasteiger partial charge in [0, 0.05) is 6.54 Å². The van der Waals surface area contributed by atoms with Crippen LogP contribution in [-0.4, -0.2) is 9.78 Å². The molecule has 0 saturated heterocycles. The lowest BCUT2D eigenvalue weighted by atomic mass is 9.81. The summed E-state index contributed by atoms with van der Waals surface area (Å²) in [5.74, 6) is 0. The zero-order chi connectivity index (χ0) is 15.6. The molecule has 0 aliphatic heterocycles. The highest BCUT2D eigenvalue weighted by Crippen LogP contribution is 2.33. The molecule has 1 aromatic carbocycles. The third-order valence-corrected chi connectivity index (χ3v) is 4.28. The van der Waals surface area contributed by atoms with Gasteiger partial charge in [0.1, 0.15) is 0 Å². The van der Waals surface area contributed by atoms with Crippen molar-refractivity contribution in [3.63, 3.8) is 0 Å². The molecular weight excluding hydrogens is 326 g/mol. The van der Waals surface area contributed by atoms with Gasteiger partial charge in [-0.3, -0.25) is 4.68 Å². The summed E-state index contributed by atoms with van der Waals surface area (Å²) >= 11 is 3.60. The number of aryl methyl sites for hydroxylation is 1. The smallest absolute Gasteiger partial charge is 0.0739 e. The van der Waals surface area contributed by atoms with Crippen LogP contribution in [0.3, 0.4) is 0 Å². The van der Waals surface area contributed by atoms with Crippen molar-refractivity contribution < 1.29 is 0 Å². The standard InChI is InChI=1S/C17H24BrN3/c1-5-10-21-16(14(18)11-20-21)15(19)12-8-6-7-9-13(12)17(2,3)4/h6-9,11,15H,5,10,19H2,1-4H3. The predicted molar refractivity (Wildman–Crippen MR) is 91.4 cm³/mol. The molecule has 4 heteroatoms. The van der Waals surface area contributed by atoms with Gasteiger partial charge in [-0.1, -0.05) is 52.0 Å². The normalized spacial score (nSPS) is 13.4. The van der Waals surface area contributed by atoms with E-state index in [0.29, 0.717) is 0 Å². The second-order valence-corrected chi connectivity index (χ2v) is 7.27. The Balaban J connectivity index is 2.51. The molecule has 2 N–H and O–H groups in total. The van der Waals surface area contributed by atoms with Gasteiger partial charge in [0.25, 0.3) is 0 Å². The average Bonchev–Trinajstić information content (AvgIpc) is 2.79. The third kappa shape index (κ3) is 3.38. The Labute approximate surface area is 135 Å². The van der Waals surface area contributed by atoms with Crippen molar-refractivity contribution in [2.75, 3.05) is 0 Å². The maximum Gasteiger partial charge on any atom is 0.0739 e.